The van der Waals surface area contributed by atoms with E-state index in [0.29, 0.717) is 22.5 Å². The summed E-state index contributed by atoms with van der Waals surface area (Å²) in [5.41, 5.74) is 2.22. The van der Waals surface area contributed by atoms with Gasteiger partial charge in [-0.15, -0.1) is 0 Å². The summed E-state index contributed by atoms with van der Waals surface area (Å²) in [5, 5.41) is 3.35. The molecule has 152 valence electrons. The van der Waals surface area contributed by atoms with E-state index in [1.54, 1.807) is 35.2 Å². The fourth-order valence-corrected chi connectivity index (χ4v) is 3.90. The van der Waals surface area contributed by atoms with E-state index in [0.717, 1.165) is 0 Å². The summed E-state index contributed by atoms with van der Waals surface area (Å²) in [5.74, 6) is -0.802. The molecule has 0 amide bonds. The smallest absolute Gasteiger partial charge is 0.364 e. The van der Waals surface area contributed by atoms with E-state index in [4.69, 9.17) is 16.1 Å². The molecule has 9 nitrogen and oxygen atoms in total. The number of aromatic nitrogens is 5. The fourth-order valence-electron chi connectivity index (χ4n) is 2.56. The van der Waals surface area contributed by atoms with Crippen LogP contribution in [0.3, 0.4) is 0 Å². The van der Waals surface area contributed by atoms with E-state index >= 15 is 0 Å². The van der Waals surface area contributed by atoms with Crippen molar-refractivity contribution < 1.29 is 22.0 Å². The third-order valence-electron chi connectivity index (χ3n) is 3.85. The van der Waals surface area contributed by atoms with Crippen LogP contribution >= 0.6 is 11.6 Å². The molecule has 4 aromatic heterocycles. The monoisotopic (exact) mass is 442 g/mol. The minimum atomic E-state index is -3.74. The maximum Gasteiger partial charge on any atom is 0.400 e. The highest BCUT2D eigenvalue weighted by atomic mass is 35.5. The lowest BCUT2D eigenvalue weighted by atomic mass is 10.2. The van der Waals surface area contributed by atoms with E-state index in [9.17, 15) is 13.0 Å². The van der Waals surface area contributed by atoms with Crippen LogP contribution in [0.1, 0.15) is 17.1 Å². The van der Waals surface area contributed by atoms with Gasteiger partial charge in [0.15, 0.2) is 0 Å². The molecule has 0 saturated heterocycles. The number of imidazole rings is 1. The molecule has 0 aromatic carbocycles. The van der Waals surface area contributed by atoms with Gasteiger partial charge in [-0.25, -0.2) is 13.6 Å². The van der Waals surface area contributed by atoms with E-state index in [1.165, 1.54) is 12.5 Å². The standard InChI is InChI=1S/C16H13ClF2N6O3S/c1-29(26,9-10-5-20-27-8-10)21-6-12-7-25-3-2-11(4-13(25)22-12)14-23-15(28-24-14)16(17,18)19/h2-5,7-8H,6,9H2,1H3. The minimum Gasteiger partial charge on any atom is -0.364 e. The van der Waals surface area contributed by atoms with Crippen molar-refractivity contribution in [3.8, 4) is 11.4 Å². The molecule has 0 bridgehead atoms. The maximum absolute atomic E-state index is 13.1. The molecule has 0 aliphatic heterocycles. The van der Waals surface area contributed by atoms with Crippen molar-refractivity contribution in [2.24, 2.45) is 4.36 Å². The second-order valence-corrected chi connectivity index (χ2v) is 9.20. The van der Waals surface area contributed by atoms with Crippen LogP contribution < -0.4 is 0 Å². The van der Waals surface area contributed by atoms with Crippen LogP contribution in [0.5, 0.6) is 0 Å². The van der Waals surface area contributed by atoms with Crippen molar-refractivity contribution in [3.05, 3.63) is 54.1 Å². The highest BCUT2D eigenvalue weighted by molar-refractivity contribution is 7.92. The highest BCUT2D eigenvalue weighted by Crippen LogP contribution is 2.32. The van der Waals surface area contributed by atoms with Crippen LogP contribution in [0.4, 0.5) is 8.78 Å². The Labute approximate surface area is 167 Å². The van der Waals surface area contributed by atoms with Gasteiger partial charge in [-0.1, -0.05) is 10.3 Å². The lowest BCUT2D eigenvalue weighted by Gasteiger charge is -2.00. The summed E-state index contributed by atoms with van der Waals surface area (Å²) in [6.45, 7) is 0.141. The van der Waals surface area contributed by atoms with Crippen molar-refractivity contribution in [2.75, 3.05) is 6.26 Å². The topological polar surface area (TPSA) is 112 Å². The summed E-state index contributed by atoms with van der Waals surface area (Å²) in [6.07, 6.45) is 7.86. The molecule has 1 unspecified atom stereocenters. The summed E-state index contributed by atoms with van der Waals surface area (Å²) in [4.78, 5) is 8.01. The van der Waals surface area contributed by atoms with Gasteiger partial charge in [-0.2, -0.15) is 13.8 Å². The first-order valence-electron chi connectivity index (χ1n) is 8.12. The van der Waals surface area contributed by atoms with Crippen LogP contribution in [0.25, 0.3) is 17.0 Å². The summed E-state index contributed by atoms with van der Waals surface area (Å²) < 4.78 is 53.9. The maximum atomic E-state index is 13.1. The van der Waals surface area contributed by atoms with E-state index in [-0.39, 0.29) is 18.1 Å². The predicted molar refractivity (Wildman–Crippen MR) is 98.6 cm³/mol. The SMILES string of the molecule is CS(=O)(Cc1cnoc1)=NCc1cn2ccc(-c3noc(C(F)(F)Cl)n3)cc2n1. The van der Waals surface area contributed by atoms with Crippen molar-refractivity contribution >= 4 is 27.0 Å². The number of nitrogens with zero attached hydrogens (tertiary/aromatic N) is 6. The molecule has 4 aromatic rings. The largest absolute Gasteiger partial charge is 0.400 e. The molecule has 1 atom stereocenters. The van der Waals surface area contributed by atoms with Crippen LogP contribution in [-0.2, 0) is 27.4 Å². The van der Waals surface area contributed by atoms with Gasteiger partial charge in [-0.3, -0.25) is 0 Å². The molecule has 4 heterocycles. The quantitative estimate of drug-likeness (QED) is 0.420. The highest BCUT2D eigenvalue weighted by Gasteiger charge is 2.35. The van der Waals surface area contributed by atoms with Crippen molar-refractivity contribution in [1.29, 1.82) is 0 Å². The first-order valence-corrected chi connectivity index (χ1v) is 10.6. The van der Waals surface area contributed by atoms with Crippen molar-refractivity contribution in [1.82, 2.24) is 24.7 Å². The molecule has 0 fully saturated rings. The lowest BCUT2D eigenvalue weighted by molar-refractivity contribution is 0.0551. The zero-order valence-electron chi connectivity index (χ0n) is 14.8. The van der Waals surface area contributed by atoms with E-state index < -0.39 is 21.0 Å². The van der Waals surface area contributed by atoms with Crippen molar-refractivity contribution in [3.63, 3.8) is 0 Å². The number of fused-ring (bicyclic) bond motifs is 1. The number of alkyl halides is 3. The Hall–Kier alpha value is -2.86. The van der Waals surface area contributed by atoms with Crippen LogP contribution in [0, 0.1) is 0 Å². The van der Waals surface area contributed by atoms with Gasteiger partial charge in [0, 0.05) is 39.5 Å². The summed E-state index contributed by atoms with van der Waals surface area (Å²) in [6, 6.07) is 3.22. The molecule has 0 aliphatic rings. The number of rotatable bonds is 6. The van der Waals surface area contributed by atoms with Crippen LogP contribution in [0.2, 0.25) is 0 Å². The number of hydrogen-bond acceptors (Lipinski definition) is 8. The Morgan fingerprint density at radius 3 is 2.90 bits per heavy atom. The molecule has 0 saturated carbocycles. The van der Waals surface area contributed by atoms with Gasteiger partial charge in [-0.05, 0) is 23.7 Å². The Morgan fingerprint density at radius 2 is 2.21 bits per heavy atom. The van der Waals surface area contributed by atoms with Gasteiger partial charge in [0.1, 0.15) is 11.9 Å². The molecular formula is C16H13ClF2N6O3S. The van der Waals surface area contributed by atoms with Gasteiger partial charge >= 0.3 is 11.3 Å². The molecule has 0 radical (unpaired) electrons. The molecular weight excluding hydrogens is 430 g/mol. The molecule has 13 heteroatoms. The fraction of sp³-hybridized carbons (Fsp3) is 0.250. The number of halogens is 3. The lowest BCUT2D eigenvalue weighted by Crippen LogP contribution is -2.03. The molecule has 0 spiro atoms. The third kappa shape index (κ3) is 4.43. The Balaban J connectivity index is 1.56. The zero-order valence-corrected chi connectivity index (χ0v) is 16.4. The van der Waals surface area contributed by atoms with Gasteiger partial charge in [0.2, 0.25) is 5.82 Å². The summed E-state index contributed by atoms with van der Waals surface area (Å²) >= 11 is 4.89. The Morgan fingerprint density at radius 1 is 1.38 bits per heavy atom. The van der Waals surface area contributed by atoms with Crippen LogP contribution in [0.15, 0.2) is 50.4 Å². The minimum absolute atomic E-state index is 0.0395. The second kappa shape index (κ2) is 7.19. The molecule has 4 rings (SSSR count). The van der Waals surface area contributed by atoms with Gasteiger partial charge in [0.25, 0.3) is 0 Å². The number of hydrogen-bond donors (Lipinski definition) is 0. The van der Waals surface area contributed by atoms with E-state index in [1.807, 2.05) is 0 Å². The average Bonchev–Trinajstić information content (AvgIpc) is 3.38. The Kier molecular flexibility index (Phi) is 4.82. The molecule has 0 N–H and O–H groups in total. The number of pyridine rings is 1. The predicted octanol–water partition coefficient (Wildman–Crippen LogP) is 3.46. The van der Waals surface area contributed by atoms with E-state index in [2.05, 4.69) is 29.2 Å². The van der Waals surface area contributed by atoms with Gasteiger partial charge < -0.3 is 13.4 Å². The molecule has 29 heavy (non-hydrogen) atoms. The van der Waals surface area contributed by atoms with Crippen molar-refractivity contribution in [2.45, 2.75) is 17.7 Å². The zero-order chi connectivity index (χ0) is 20.6. The normalized spacial score (nSPS) is 14.2. The summed E-state index contributed by atoms with van der Waals surface area (Å²) in [7, 11) is -2.49. The third-order valence-corrected chi connectivity index (χ3v) is 5.56. The Bertz CT molecular complexity index is 1270. The second-order valence-electron chi connectivity index (χ2n) is 6.26. The molecule has 0 aliphatic carbocycles. The van der Waals surface area contributed by atoms with Crippen LogP contribution in [-0.4, -0.2) is 35.1 Å². The first-order chi connectivity index (χ1) is 13.7. The first kappa shape index (κ1) is 19.5. The average molecular weight is 443 g/mol. The van der Waals surface area contributed by atoms with Gasteiger partial charge in [0.05, 0.1) is 24.2 Å².